The maximum Gasteiger partial charge on any atom is 0.235 e. The van der Waals surface area contributed by atoms with Crippen LogP contribution in [0.2, 0.25) is 0 Å². The Morgan fingerprint density at radius 3 is 2.50 bits per heavy atom. The van der Waals surface area contributed by atoms with E-state index in [2.05, 4.69) is 15.9 Å². The van der Waals surface area contributed by atoms with E-state index in [-0.39, 0.29) is 10.0 Å². The summed E-state index contributed by atoms with van der Waals surface area (Å²) < 4.78 is 25.5. The third-order valence-corrected chi connectivity index (χ3v) is 2.10. The molecule has 0 atom stereocenters. The lowest BCUT2D eigenvalue weighted by Crippen LogP contribution is -1.88. The van der Waals surface area contributed by atoms with Crippen LogP contribution in [-0.2, 0) is 0 Å². The van der Waals surface area contributed by atoms with E-state index in [1.54, 1.807) is 0 Å². The highest BCUT2D eigenvalue weighted by molar-refractivity contribution is 9.10. The summed E-state index contributed by atoms with van der Waals surface area (Å²) in [5, 5.41) is 9.97. The molecule has 3 nitrogen and oxygen atoms in total. The van der Waals surface area contributed by atoms with Crippen molar-refractivity contribution in [2.24, 2.45) is 0 Å². The summed E-state index contributed by atoms with van der Waals surface area (Å²) >= 11 is 2.95. The standard InChI is InChI=1S/C8H4BrF2NO2/c9-6-4-8(11)7(10)3-5(6)1-2-12(13)14/h1-4H/b2-1+. The van der Waals surface area contributed by atoms with Crippen molar-refractivity contribution in [3.63, 3.8) is 0 Å². The number of nitrogens with zero attached hydrogens (tertiary/aromatic N) is 1. The first-order valence-electron chi connectivity index (χ1n) is 3.47. The molecule has 1 aromatic carbocycles. The van der Waals surface area contributed by atoms with Crippen LogP contribution in [-0.4, -0.2) is 4.92 Å². The number of nitro groups is 1. The highest BCUT2D eigenvalue weighted by Crippen LogP contribution is 2.21. The molecule has 0 heterocycles. The third kappa shape index (κ3) is 2.59. The largest absolute Gasteiger partial charge is 0.259 e. The molecule has 0 bridgehead atoms. The van der Waals surface area contributed by atoms with Gasteiger partial charge in [-0.3, -0.25) is 10.1 Å². The number of benzene rings is 1. The van der Waals surface area contributed by atoms with Crippen LogP contribution in [0.4, 0.5) is 8.78 Å². The van der Waals surface area contributed by atoms with Gasteiger partial charge in [0.25, 0.3) is 0 Å². The molecule has 0 radical (unpaired) electrons. The van der Waals surface area contributed by atoms with Gasteiger partial charge in [-0.1, -0.05) is 15.9 Å². The van der Waals surface area contributed by atoms with Gasteiger partial charge in [-0.15, -0.1) is 0 Å². The summed E-state index contributed by atoms with van der Waals surface area (Å²) in [5.74, 6) is -2.05. The molecule has 0 spiro atoms. The Labute approximate surface area is 86.3 Å². The van der Waals surface area contributed by atoms with Gasteiger partial charge < -0.3 is 0 Å². The molecule has 0 unspecified atom stereocenters. The molecule has 0 aromatic heterocycles. The molecule has 0 saturated carbocycles. The van der Waals surface area contributed by atoms with Crippen molar-refractivity contribution < 1.29 is 13.7 Å². The minimum atomic E-state index is -1.05. The van der Waals surface area contributed by atoms with Crippen LogP contribution in [0.15, 0.2) is 22.8 Å². The van der Waals surface area contributed by atoms with Gasteiger partial charge in [0.1, 0.15) is 0 Å². The van der Waals surface area contributed by atoms with Gasteiger partial charge >= 0.3 is 0 Å². The topological polar surface area (TPSA) is 43.1 Å². The van der Waals surface area contributed by atoms with E-state index in [0.717, 1.165) is 18.2 Å². The number of hydrogen-bond acceptors (Lipinski definition) is 2. The van der Waals surface area contributed by atoms with Crippen molar-refractivity contribution in [1.29, 1.82) is 0 Å². The van der Waals surface area contributed by atoms with Gasteiger partial charge in [-0.05, 0) is 17.7 Å². The Bertz CT molecular complexity index is 407. The van der Waals surface area contributed by atoms with Crippen LogP contribution < -0.4 is 0 Å². The molecule has 0 saturated heterocycles. The van der Waals surface area contributed by atoms with Gasteiger partial charge in [-0.25, -0.2) is 8.78 Å². The maximum absolute atomic E-state index is 12.7. The Morgan fingerprint density at radius 2 is 1.93 bits per heavy atom. The average molecular weight is 264 g/mol. The minimum absolute atomic E-state index is 0.209. The fourth-order valence-electron chi connectivity index (χ4n) is 0.807. The van der Waals surface area contributed by atoms with Gasteiger partial charge in [0, 0.05) is 10.5 Å². The van der Waals surface area contributed by atoms with E-state index in [1.807, 2.05) is 0 Å². The number of rotatable bonds is 2. The molecule has 6 heteroatoms. The molecule has 0 aliphatic carbocycles. The van der Waals surface area contributed by atoms with E-state index in [0.29, 0.717) is 6.20 Å². The molecule has 0 aliphatic rings. The van der Waals surface area contributed by atoms with Crippen LogP contribution in [0.25, 0.3) is 6.08 Å². The molecule has 0 amide bonds. The summed E-state index contributed by atoms with van der Waals surface area (Å²) in [6.45, 7) is 0. The fourth-order valence-corrected chi connectivity index (χ4v) is 1.25. The Hall–Kier alpha value is -1.30. The third-order valence-electron chi connectivity index (χ3n) is 1.42. The number of hydrogen-bond donors (Lipinski definition) is 0. The van der Waals surface area contributed by atoms with Crippen LogP contribution in [0.1, 0.15) is 5.56 Å². The van der Waals surface area contributed by atoms with E-state index >= 15 is 0 Å². The smallest absolute Gasteiger partial charge is 0.235 e. The van der Waals surface area contributed by atoms with Gasteiger partial charge in [0.2, 0.25) is 6.20 Å². The van der Waals surface area contributed by atoms with Crippen LogP contribution in [0, 0.1) is 21.7 Å². The van der Waals surface area contributed by atoms with Gasteiger partial charge in [0.15, 0.2) is 11.6 Å². The summed E-state index contributed by atoms with van der Waals surface area (Å²) in [7, 11) is 0. The molecule has 1 rings (SSSR count). The normalized spacial score (nSPS) is 10.8. The highest BCUT2D eigenvalue weighted by Gasteiger charge is 2.06. The quantitative estimate of drug-likeness (QED) is 0.468. The zero-order valence-electron chi connectivity index (χ0n) is 6.71. The lowest BCUT2D eigenvalue weighted by atomic mass is 10.2. The van der Waals surface area contributed by atoms with Crippen LogP contribution in [0.3, 0.4) is 0 Å². The molecule has 0 aliphatic heterocycles. The summed E-state index contributed by atoms with van der Waals surface area (Å²) in [6.07, 6.45) is 1.73. The van der Waals surface area contributed by atoms with Crippen molar-refractivity contribution in [3.05, 3.63) is 50.1 Å². The monoisotopic (exact) mass is 263 g/mol. The maximum atomic E-state index is 12.7. The Kier molecular flexibility index (Phi) is 3.29. The first-order chi connectivity index (χ1) is 6.50. The molecule has 74 valence electrons. The molecular formula is C8H4BrF2NO2. The average Bonchev–Trinajstić information content (AvgIpc) is 2.09. The summed E-state index contributed by atoms with van der Waals surface area (Å²) in [4.78, 5) is 9.28. The lowest BCUT2D eigenvalue weighted by Gasteiger charge is -1.98. The van der Waals surface area contributed by atoms with Crippen molar-refractivity contribution in [1.82, 2.24) is 0 Å². The van der Waals surface area contributed by atoms with E-state index in [1.165, 1.54) is 0 Å². The van der Waals surface area contributed by atoms with Gasteiger partial charge in [0.05, 0.1) is 4.92 Å². The van der Waals surface area contributed by atoms with E-state index < -0.39 is 16.6 Å². The lowest BCUT2D eigenvalue weighted by molar-refractivity contribution is -0.400. The summed E-state index contributed by atoms with van der Waals surface area (Å²) in [6, 6.07) is 1.79. The molecule has 0 N–H and O–H groups in total. The van der Waals surface area contributed by atoms with Gasteiger partial charge in [-0.2, -0.15) is 0 Å². The summed E-state index contributed by atoms with van der Waals surface area (Å²) in [5.41, 5.74) is 0.209. The molecule has 1 aromatic rings. The van der Waals surface area contributed by atoms with E-state index in [4.69, 9.17) is 0 Å². The zero-order valence-corrected chi connectivity index (χ0v) is 8.29. The first-order valence-corrected chi connectivity index (χ1v) is 4.26. The predicted octanol–water partition coefficient (Wildman–Crippen LogP) is 2.97. The molecule has 0 fully saturated rings. The fraction of sp³-hybridized carbons (Fsp3) is 0. The molecule has 14 heavy (non-hydrogen) atoms. The first kappa shape index (κ1) is 10.8. The minimum Gasteiger partial charge on any atom is -0.259 e. The predicted molar refractivity (Wildman–Crippen MR) is 50.1 cm³/mol. The van der Waals surface area contributed by atoms with Crippen molar-refractivity contribution in [2.45, 2.75) is 0 Å². The van der Waals surface area contributed by atoms with Crippen molar-refractivity contribution in [3.8, 4) is 0 Å². The zero-order chi connectivity index (χ0) is 10.7. The Morgan fingerprint density at radius 1 is 1.36 bits per heavy atom. The van der Waals surface area contributed by atoms with Crippen molar-refractivity contribution >= 4 is 22.0 Å². The SMILES string of the molecule is O=[N+]([O-])/C=C/c1cc(F)c(F)cc1Br. The highest BCUT2D eigenvalue weighted by atomic mass is 79.9. The Balaban J connectivity index is 3.10. The molecular weight excluding hydrogens is 260 g/mol. The second kappa shape index (κ2) is 4.28. The van der Waals surface area contributed by atoms with E-state index in [9.17, 15) is 18.9 Å². The van der Waals surface area contributed by atoms with Crippen LogP contribution >= 0.6 is 15.9 Å². The second-order valence-corrected chi connectivity index (χ2v) is 3.24. The number of halogens is 3. The second-order valence-electron chi connectivity index (χ2n) is 2.39. The van der Waals surface area contributed by atoms with Crippen LogP contribution in [0.5, 0.6) is 0 Å². The van der Waals surface area contributed by atoms with Crippen molar-refractivity contribution in [2.75, 3.05) is 0 Å².